The molecule has 0 amide bonds. The van der Waals surface area contributed by atoms with E-state index in [1.54, 1.807) is 0 Å². The van der Waals surface area contributed by atoms with Gasteiger partial charge in [0, 0.05) is 25.2 Å². The third-order valence-corrected chi connectivity index (χ3v) is 3.89. The van der Waals surface area contributed by atoms with Gasteiger partial charge in [-0.25, -0.2) is 0 Å². The zero-order valence-corrected chi connectivity index (χ0v) is 14.8. The number of hydrogen-bond acceptors (Lipinski definition) is 2. The lowest BCUT2D eigenvalue weighted by atomic mass is 9.94. The zero-order valence-electron chi connectivity index (χ0n) is 14.8. The molecule has 21 heavy (non-hydrogen) atoms. The average Bonchev–Trinajstić information content (AvgIpc) is 2.39. The number of nitrogens with two attached hydrogens (primary N) is 1. The lowest BCUT2D eigenvalue weighted by molar-refractivity contribution is 0.134. The molecule has 0 saturated carbocycles. The number of nitrogens with zero attached hydrogens (tertiary/aromatic N) is 1. The highest BCUT2D eigenvalue weighted by molar-refractivity contribution is 5.25. The van der Waals surface area contributed by atoms with Crippen molar-refractivity contribution in [1.29, 1.82) is 0 Å². The Bertz CT molecular complexity index is 385. The second kappa shape index (κ2) is 8.55. The molecule has 0 bridgehead atoms. The maximum absolute atomic E-state index is 6.50. The summed E-state index contributed by atoms with van der Waals surface area (Å²) in [6.07, 6.45) is 1.01. The molecule has 1 rings (SSSR count). The molecule has 0 aliphatic rings. The third kappa shape index (κ3) is 5.80. The molecule has 0 aliphatic carbocycles. The first-order valence-electron chi connectivity index (χ1n) is 8.41. The molecule has 2 nitrogen and oxygen atoms in total. The van der Waals surface area contributed by atoms with Crippen molar-refractivity contribution in [2.75, 3.05) is 13.1 Å². The van der Waals surface area contributed by atoms with Crippen molar-refractivity contribution in [1.82, 2.24) is 4.90 Å². The van der Waals surface area contributed by atoms with Gasteiger partial charge >= 0.3 is 0 Å². The van der Waals surface area contributed by atoms with Crippen LogP contribution in [0.25, 0.3) is 0 Å². The molecule has 0 heterocycles. The third-order valence-electron chi connectivity index (χ3n) is 3.89. The van der Waals surface area contributed by atoms with E-state index < -0.39 is 0 Å². The van der Waals surface area contributed by atoms with Crippen LogP contribution < -0.4 is 5.73 Å². The molecule has 0 aliphatic heterocycles. The molecule has 0 radical (unpaired) electrons. The van der Waals surface area contributed by atoms with Gasteiger partial charge in [-0.15, -0.1) is 0 Å². The maximum atomic E-state index is 6.50. The Morgan fingerprint density at radius 3 is 1.81 bits per heavy atom. The molecular weight excluding hydrogens is 256 g/mol. The fraction of sp³-hybridized carbons (Fsp3) is 0.684. The minimum Gasteiger partial charge on any atom is -0.326 e. The zero-order chi connectivity index (χ0) is 16.0. The molecule has 0 fully saturated rings. The van der Waals surface area contributed by atoms with Gasteiger partial charge in [0.1, 0.15) is 0 Å². The number of aryl methyl sites for hydroxylation is 1. The van der Waals surface area contributed by atoms with Crippen molar-refractivity contribution in [3.63, 3.8) is 0 Å². The van der Waals surface area contributed by atoms with Crippen molar-refractivity contribution in [3.05, 3.63) is 35.4 Å². The van der Waals surface area contributed by atoms with Gasteiger partial charge in [0.2, 0.25) is 0 Å². The van der Waals surface area contributed by atoms with Crippen LogP contribution in [-0.4, -0.2) is 24.0 Å². The first kappa shape index (κ1) is 18.2. The normalized spacial score (nSPS) is 15.0. The van der Waals surface area contributed by atoms with Gasteiger partial charge in [0.05, 0.1) is 0 Å². The fourth-order valence-electron chi connectivity index (χ4n) is 2.96. The molecule has 1 aromatic carbocycles. The maximum Gasteiger partial charge on any atom is 0.0499 e. The summed E-state index contributed by atoms with van der Waals surface area (Å²) in [6, 6.07) is 9.42. The molecule has 0 aromatic heterocycles. The van der Waals surface area contributed by atoms with Crippen LogP contribution in [0.4, 0.5) is 0 Å². The van der Waals surface area contributed by atoms with Gasteiger partial charge < -0.3 is 5.73 Å². The second-order valence-corrected chi connectivity index (χ2v) is 7.17. The van der Waals surface area contributed by atoms with E-state index in [0.29, 0.717) is 17.9 Å². The van der Waals surface area contributed by atoms with Crippen LogP contribution in [0.15, 0.2) is 24.3 Å². The van der Waals surface area contributed by atoms with Gasteiger partial charge in [-0.05, 0) is 30.7 Å². The fourth-order valence-corrected chi connectivity index (χ4v) is 2.96. The Balaban J connectivity index is 3.09. The van der Waals surface area contributed by atoms with Gasteiger partial charge in [-0.1, -0.05) is 64.4 Å². The molecule has 2 heteroatoms. The van der Waals surface area contributed by atoms with Crippen molar-refractivity contribution >= 4 is 0 Å². The van der Waals surface area contributed by atoms with E-state index in [0.717, 1.165) is 19.5 Å². The molecule has 2 unspecified atom stereocenters. The molecule has 1 aromatic rings. The van der Waals surface area contributed by atoms with Crippen LogP contribution in [-0.2, 0) is 0 Å². The first-order valence-corrected chi connectivity index (χ1v) is 8.41. The summed E-state index contributed by atoms with van der Waals surface area (Å²) in [5.41, 5.74) is 9.16. The van der Waals surface area contributed by atoms with E-state index in [2.05, 4.69) is 70.7 Å². The largest absolute Gasteiger partial charge is 0.326 e. The van der Waals surface area contributed by atoms with Crippen LogP contribution in [0.2, 0.25) is 0 Å². The number of rotatable bonds is 8. The van der Waals surface area contributed by atoms with E-state index in [9.17, 15) is 0 Å². The Morgan fingerprint density at radius 1 is 0.952 bits per heavy atom. The highest BCUT2D eigenvalue weighted by Gasteiger charge is 2.26. The smallest absolute Gasteiger partial charge is 0.0499 e. The van der Waals surface area contributed by atoms with Crippen LogP contribution in [0.3, 0.4) is 0 Å². The number of hydrogen-bond donors (Lipinski definition) is 1. The van der Waals surface area contributed by atoms with Gasteiger partial charge in [0.15, 0.2) is 0 Å². The quantitative estimate of drug-likeness (QED) is 0.769. The van der Waals surface area contributed by atoms with E-state index in [-0.39, 0.29) is 6.04 Å². The first-order chi connectivity index (χ1) is 9.85. The van der Waals surface area contributed by atoms with Crippen LogP contribution in [0, 0.1) is 18.8 Å². The van der Waals surface area contributed by atoms with E-state index in [1.165, 1.54) is 11.1 Å². The molecule has 0 spiro atoms. The van der Waals surface area contributed by atoms with Gasteiger partial charge in [-0.3, -0.25) is 4.90 Å². The standard InChI is InChI=1S/C19H34N2/c1-7-18(20)19(17-10-8-16(6)9-11-17)21(12-14(2)3)13-15(4)5/h8-11,14-15,18-19H,7,12-13,20H2,1-6H3. The van der Waals surface area contributed by atoms with Crippen molar-refractivity contribution in [2.45, 2.75) is 60.0 Å². The average molecular weight is 290 g/mol. The highest BCUT2D eigenvalue weighted by atomic mass is 15.2. The SMILES string of the molecule is CCC(N)C(c1ccc(C)cc1)N(CC(C)C)CC(C)C. The minimum absolute atomic E-state index is 0.185. The number of benzene rings is 1. The van der Waals surface area contributed by atoms with E-state index >= 15 is 0 Å². The predicted molar refractivity (Wildman–Crippen MR) is 93.4 cm³/mol. The second-order valence-electron chi connectivity index (χ2n) is 7.17. The summed E-state index contributed by atoms with van der Waals surface area (Å²) in [4.78, 5) is 2.59. The van der Waals surface area contributed by atoms with Gasteiger partial charge in [-0.2, -0.15) is 0 Å². The summed E-state index contributed by atoms with van der Waals surface area (Å²) in [5.74, 6) is 1.31. The molecule has 2 N–H and O–H groups in total. The lowest BCUT2D eigenvalue weighted by Crippen LogP contribution is -2.44. The van der Waals surface area contributed by atoms with Crippen LogP contribution in [0.5, 0.6) is 0 Å². The van der Waals surface area contributed by atoms with Gasteiger partial charge in [0.25, 0.3) is 0 Å². The van der Waals surface area contributed by atoms with E-state index in [4.69, 9.17) is 5.73 Å². The monoisotopic (exact) mass is 290 g/mol. The van der Waals surface area contributed by atoms with Crippen LogP contribution >= 0.6 is 0 Å². The summed E-state index contributed by atoms with van der Waals surface area (Å²) < 4.78 is 0. The van der Waals surface area contributed by atoms with E-state index in [1.807, 2.05) is 0 Å². The molecule has 0 saturated heterocycles. The Labute approximate surface area is 131 Å². The summed E-state index contributed by atoms with van der Waals surface area (Å²) in [6.45, 7) is 15.7. The molecular formula is C19H34N2. The van der Waals surface area contributed by atoms with Crippen molar-refractivity contribution < 1.29 is 0 Å². The predicted octanol–water partition coefficient (Wildman–Crippen LogP) is 4.39. The topological polar surface area (TPSA) is 29.3 Å². The van der Waals surface area contributed by atoms with Crippen molar-refractivity contribution in [2.24, 2.45) is 17.6 Å². The minimum atomic E-state index is 0.185. The van der Waals surface area contributed by atoms with Crippen LogP contribution in [0.1, 0.15) is 58.2 Å². The Hall–Kier alpha value is -0.860. The Kier molecular flexibility index (Phi) is 7.41. The molecule has 120 valence electrons. The highest BCUT2D eigenvalue weighted by Crippen LogP contribution is 2.27. The summed E-state index contributed by atoms with van der Waals surface area (Å²) in [7, 11) is 0. The van der Waals surface area contributed by atoms with Crippen molar-refractivity contribution in [3.8, 4) is 0 Å². The Morgan fingerprint density at radius 2 is 1.43 bits per heavy atom. The molecule has 2 atom stereocenters. The summed E-state index contributed by atoms with van der Waals surface area (Å²) >= 11 is 0. The summed E-state index contributed by atoms with van der Waals surface area (Å²) in [5, 5.41) is 0. The lowest BCUT2D eigenvalue weighted by Gasteiger charge is -2.38.